The van der Waals surface area contributed by atoms with Crippen molar-refractivity contribution in [2.24, 2.45) is 0 Å². The van der Waals surface area contributed by atoms with Gasteiger partial charge in [-0.05, 0) is 32.8 Å². The van der Waals surface area contributed by atoms with Crippen LogP contribution in [0.2, 0.25) is 0 Å². The lowest BCUT2D eigenvalue weighted by Gasteiger charge is -2.11. The van der Waals surface area contributed by atoms with Gasteiger partial charge >= 0.3 is 5.97 Å². The Labute approximate surface area is 143 Å². The van der Waals surface area contributed by atoms with Crippen LogP contribution in [0.3, 0.4) is 0 Å². The second-order valence-electron chi connectivity index (χ2n) is 5.68. The normalized spacial score (nSPS) is 12.2. The molecule has 8 heteroatoms. The number of rotatable bonds is 6. The van der Waals surface area contributed by atoms with E-state index >= 15 is 0 Å². The van der Waals surface area contributed by atoms with Gasteiger partial charge in [0.1, 0.15) is 11.4 Å². The summed E-state index contributed by atoms with van der Waals surface area (Å²) in [6, 6.07) is 0.0234. The quantitative estimate of drug-likeness (QED) is 0.797. The molecule has 0 unspecified atom stereocenters. The third-order valence-electron chi connectivity index (χ3n) is 3.84. The van der Waals surface area contributed by atoms with Gasteiger partial charge in [0.2, 0.25) is 0 Å². The molecule has 0 aliphatic heterocycles. The number of nitrogens with one attached hydrogen (secondary N) is 1. The van der Waals surface area contributed by atoms with Crippen LogP contribution in [-0.4, -0.2) is 34.1 Å². The number of nitrogens with zero attached hydrogens (tertiary/aromatic N) is 2. The van der Waals surface area contributed by atoms with Crippen molar-refractivity contribution >= 4 is 33.4 Å². The van der Waals surface area contributed by atoms with Crippen LogP contribution < -0.4 is 10.9 Å². The Bertz CT molecular complexity index is 825. The van der Waals surface area contributed by atoms with Crippen LogP contribution in [0.15, 0.2) is 11.1 Å². The molecule has 0 bridgehead atoms. The maximum Gasteiger partial charge on any atom is 0.326 e. The number of aryl methyl sites for hydroxylation is 2. The van der Waals surface area contributed by atoms with Gasteiger partial charge in [-0.15, -0.1) is 11.3 Å². The van der Waals surface area contributed by atoms with E-state index in [1.165, 1.54) is 22.2 Å². The van der Waals surface area contributed by atoms with Crippen molar-refractivity contribution in [3.8, 4) is 0 Å². The Kier molecular flexibility index (Phi) is 5.71. The summed E-state index contributed by atoms with van der Waals surface area (Å²) < 4.78 is 6.12. The molecule has 2 rings (SSSR count). The molecule has 0 saturated heterocycles. The molecule has 2 heterocycles. The van der Waals surface area contributed by atoms with E-state index in [1.807, 2.05) is 27.7 Å². The maximum absolute atomic E-state index is 12.5. The molecular weight excluding hydrogens is 330 g/mol. The molecule has 0 saturated carbocycles. The Morgan fingerprint density at radius 2 is 2.12 bits per heavy atom. The minimum Gasteiger partial charge on any atom is -0.454 e. The fraction of sp³-hybridized carbons (Fsp3) is 0.500. The number of ether oxygens (including phenoxy) is 1. The van der Waals surface area contributed by atoms with Crippen LogP contribution in [0, 0.1) is 13.8 Å². The summed E-state index contributed by atoms with van der Waals surface area (Å²) in [4.78, 5) is 41.8. The summed E-state index contributed by atoms with van der Waals surface area (Å²) >= 11 is 1.45. The molecule has 130 valence electrons. The van der Waals surface area contributed by atoms with Gasteiger partial charge in [0, 0.05) is 10.9 Å². The van der Waals surface area contributed by atoms with Crippen molar-refractivity contribution in [1.29, 1.82) is 0 Å². The zero-order valence-electron chi connectivity index (χ0n) is 14.2. The lowest BCUT2D eigenvalue weighted by atomic mass is 10.2. The highest BCUT2D eigenvalue weighted by Gasteiger charge is 2.15. The minimum absolute atomic E-state index is 0.0234. The molecule has 0 radical (unpaired) electrons. The zero-order chi connectivity index (χ0) is 17.9. The van der Waals surface area contributed by atoms with E-state index in [2.05, 4.69) is 10.3 Å². The smallest absolute Gasteiger partial charge is 0.326 e. The molecule has 0 aliphatic carbocycles. The maximum atomic E-state index is 12.5. The van der Waals surface area contributed by atoms with Crippen LogP contribution in [-0.2, 0) is 20.9 Å². The van der Waals surface area contributed by atoms with Gasteiger partial charge < -0.3 is 10.1 Å². The van der Waals surface area contributed by atoms with Crippen molar-refractivity contribution in [3.05, 3.63) is 27.1 Å². The van der Waals surface area contributed by atoms with Crippen molar-refractivity contribution in [2.75, 3.05) is 6.61 Å². The molecule has 2 aromatic rings. The number of aromatic nitrogens is 2. The van der Waals surface area contributed by atoms with Crippen LogP contribution in [0.4, 0.5) is 0 Å². The van der Waals surface area contributed by atoms with E-state index in [4.69, 9.17) is 4.74 Å². The Morgan fingerprint density at radius 3 is 2.79 bits per heavy atom. The van der Waals surface area contributed by atoms with Crippen molar-refractivity contribution in [3.63, 3.8) is 0 Å². The number of esters is 1. The molecule has 0 aromatic carbocycles. The summed E-state index contributed by atoms with van der Waals surface area (Å²) in [7, 11) is 0. The summed E-state index contributed by atoms with van der Waals surface area (Å²) in [5.74, 6) is -1.01. The summed E-state index contributed by atoms with van der Waals surface area (Å²) in [5, 5.41) is 3.23. The molecule has 0 fully saturated rings. The average molecular weight is 351 g/mol. The number of carbonyl (C=O) groups is 2. The molecular formula is C16H21N3O4S. The number of fused-ring (bicyclic) bond motifs is 1. The lowest BCUT2D eigenvalue weighted by molar-refractivity contribution is -0.149. The Balaban J connectivity index is 2.03. The van der Waals surface area contributed by atoms with Crippen molar-refractivity contribution in [1.82, 2.24) is 14.9 Å². The SMILES string of the molecule is CC[C@@H](C)NC(=O)COC(=O)Cn1cnc2sc(C)c(C)c2c1=O. The highest BCUT2D eigenvalue weighted by atomic mass is 32.1. The molecule has 7 nitrogen and oxygen atoms in total. The van der Waals surface area contributed by atoms with E-state index in [9.17, 15) is 14.4 Å². The van der Waals surface area contributed by atoms with Gasteiger partial charge in [-0.25, -0.2) is 4.98 Å². The Morgan fingerprint density at radius 1 is 1.42 bits per heavy atom. The summed E-state index contributed by atoms with van der Waals surface area (Å²) in [5.41, 5.74) is 0.603. The van der Waals surface area contributed by atoms with Gasteiger partial charge in [-0.3, -0.25) is 19.0 Å². The summed E-state index contributed by atoms with van der Waals surface area (Å²) in [6.45, 7) is 6.97. The monoisotopic (exact) mass is 351 g/mol. The van der Waals surface area contributed by atoms with Crippen LogP contribution in [0.1, 0.15) is 30.7 Å². The molecule has 1 atom stereocenters. The number of hydrogen-bond acceptors (Lipinski definition) is 6. The van der Waals surface area contributed by atoms with E-state index in [1.54, 1.807) is 0 Å². The van der Waals surface area contributed by atoms with Crippen molar-refractivity contribution < 1.29 is 14.3 Å². The second kappa shape index (κ2) is 7.57. The van der Waals surface area contributed by atoms with E-state index in [0.717, 1.165) is 16.9 Å². The topological polar surface area (TPSA) is 90.3 Å². The fourth-order valence-corrected chi connectivity index (χ4v) is 3.12. The minimum atomic E-state index is -0.651. The first kappa shape index (κ1) is 18.1. The number of carbonyl (C=O) groups excluding carboxylic acids is 2. The number of thiophene rings is 1. The second-order valence-corrected chi connectivity index (χ2v) is 6.88. The van der Waals surface area contributed by atoms with E-state index in [-0.39, 0.29) is 30.7 Å². The standard InChI is InChI=1S/C16H21N3O4S/c1-5-9(2)18-12(20)7-23-13(21)6-19-8-17-15-14(16(19)22)10(3)11(4)24-15/h8-9H,5-7H2,1-4H3,(H,18,20)/t9-/m1/s1. The van der Waals surface area contributed by atoms with Gasteiger partial charge in [0.15, 0.2) is 6.61 Å². The first-order chi connectivity index (χ1) is 11.3. The van der Waals surface area contributed by atoms with Crippen LogP contribution in [0.5, 0.6) is 0 Å². The summed E-state index contributed by atoms with van der Waals surface area (Å²) in [6.07, 6.45) is 2.13. The zero-order valence-corrected chi connectivity index (χ0v) is 15.0. The molecule has 24 heavy (non-hydrogen) atoms. The molecule has 1 amide bonds. The number of hydrogen-bond donors (Lipinski definition) is 1. The molecule has 0 aliphatic rings. The van der Waals surface area contributed by atoms with Crippen LogP contribution >= 0.6 is 11.3 Å². The third-order valence-corrected chi connectivity index (χ3v) is 4.95. The first-order valence-corrected chi connectivity index (χ1v) is 8.55. The lowest BCUT2D eigenvalue weighted by Crippen LogP contribution is -2.36. The largest absolute Gasteiger partial charge is 0.454 e. The highest BCUT2D eigenvalue weighted by molar-refractivity contribution is 7.18. The van der Waals surface area contributed by atoms with Crippen molar-refractivity contribution in [2.45, 2.75) is 46.7 Å². The van der Waals surface area contributed by atoms with Crippen LogP contribution in [0.25, 0.3) is 10.2 Å². The van der Waals surface area contributed by atoms with Gasteiger partial charge in [-0.1, -0.05) is 6.92 Å². The highest BCUT2D eigenvalue weighted by Crippen LogP contribution is 2.25. The van der Waals surface area contributed by atoms with E-state index in [0.29, 0.717) is 10.2 Å². The predicted molar refractivity (Wildman–Crippen MR) is 92.2 cm³/mol. The van der Waals surface area contributed by atoms with Gasteiger partial charge in [0.05, 0.1) is 11.7 Å². The fourth-order valence-electron chi connectivity index (χ4n) is 2.13. The predicted octanol–water partition coefficient (Wildman–Crippen LogP) is 1.53. The average Bonchev–Trinajstić information content (AvgIpc) is 2.83. The first-order valence-electron chi connectivity index (χ1n) is 7.73. The molecule has 2 aromatic heterocycles. The Hall–Kier alpha value is -2.22. The molecule has 0 spiro atoms. The number of amides is 1. The van der Waals surface area contributed by atoms with E-state index < -0.39 is 5.97 Å². The third kappa shape index (κ3) is 4.00. The molecule has 1 N–H and O–H groups in total. The van der Waals surface area contributed by atoms with Gasteiger partial charge in [-0.2, -0.15) is 0 Å². The van der Waals surface area contributed by atoms with Gasteiger partial charge in [0.25, 0.3) is 11.5 Å².